The fourth-order valence-electron chi connectivity index (χ4n) is 0.664. The molecule has 0 rings (SSSR count). The molecule has 1 N–H and O–H groups in total. The fraction of sp³-hybridized carbons (Fsp3) is 1.00. The summed E-state index contributed by atoms with van der Waals surface area (Å²) in [5.74, 6) is 0.322. The van der Waals surface area contributed by atoms with E-state index in [1.54, 1.807) is 0 Å². The van der Waals surface area contributed by atoms with E-state index in [1.807, 2.05) is 14.1 Å². The van der Waals surface area contributed by atoms with Gasteiger partial charge in [-0.3, -0.25) is 0 Å². The van der Waals surface area contributed by atoms with Gasteiger partial charge < -0.3 is 10.0 Å². The van der Waals surface area contributed by atoms with Crippen molar-refractivity contribution in [2.24, 2.45) is 5.92 Å². The molecule has 1 unspecified atom stereocenters. The Hall–Kier alpha value is -0.0800. The van der Waals surface area contributed by atoms with Crippen LogP contribution in [0.2, 0.25) is 0 Å². The van der Waals surface area contributed by atoms with E-state index in [0.29, 0.717) is 5.92 Å². The van der Waals surface area contributed by atoms with Crippen molar-refractivity contribution >= 4 is 0 Å². The molecule has 0 spiro atoms. The second kappa shape index (κ2) is 3.35. The van der Waals surface area contributed by atoms with Gasteiger partial charge in [-0.25, -0.2) is 0 Å². The lowest BCUT2D eigenvalue weighted by Crippen LogP contribution is -2.45. The maximum absolute atomic E-state index is 8.89. The molecule has 0 fully saturated rings. The Balaban J connectivity index is 4.09. The summed E-state index contributed by atoms with van der Waals surface area (Å²) in [6, 6.07) is 0. The summed E-state index contributed by atoms with van der Waals surface area (Å²) in [7, 11) is 4.07. The average molecular weight is 145 g/mol. The Bertz CT molecular complexity index is 99.4. The largest absolute Gasteiger partial charge is 0.396 e. The highest BCUT2D eigenvalue weighted by Gasteiger charge is 2.26. The van der Waals surface area contributed by atoms with E-state index < -0.39 is 0 Å². The van der Waals surface area contributed by atoms with Gasteiger partial charge >= 0.3 is 0 Å². The predicted octanol–water partition coefficient (Wildman–Crippen LogP) is 0.955. The second-order valence-electron chi connectivity index (χ2n) is 3.63. The van der Waals surface area contributed by atoms with Gasteiger partial charge in [0.2, 0.25) is 0 Å². The minimum Gasteiger partial charge on any atom is -0.396 e. The first kappa shape index (κ1) is 9.92. The number of aliphatic hydroxyl groups is 1. The molecule has 1 atom stereocenters. The zero-order valence-corrected chi connectivity index (χ0v) is 7.68. The van der Waals surface area contributed by atoms with E-state index >= 15 is 0 Å². The maximum atomic E-state index is 8.89. The molecule has 0 saturated heterocycles. The lowest BCUT2D eigenvalue weighted by molar-refractivity contribution is 0.0799. The molecule has 0 aliphatic heterocycles. The summed E-state index contributed by atoms with van der Waals surface area (Å²) in [4.78, 5) is 2.13. The van der Waals surface area contributed by atoms with Crippen LogP contribution in [0.5, 0.6) is 0 Å². The molecule has 0 aromatic rings. The standard InChI is InChI=1S/C8H19NO/c1-7(6-10)8(2,3)9(4)5/h7,10H,6H2,1-5H3. The number of hydrogen-bond donors (Lipinski definition) is 1. The van der Waals surface area contributed by atoms with Crippen molar-refractivity contribution in [2.75, 3.05) is 20.7 Å². The Morgan fingerprint density at radius 2 is 1.80 bits per heavy atom. The topological polar surface area (TPSA) is 23.5 Å². The SMILES string of the molecule is CC(CO)C(C)(C)N(C)C. The Labute approximate surface area is 63.8 Å². The number of hydrogen-bond acceptors (Lipinski definition) is 2. The Morgan fingerprint density at radius 1 is 1.40 bits per heavy atom. The van der Waals surface area contributed by atoms with Gasteiger partial charge in [-0.2, -0.15) is 0 Å². The average Bonchev–Trinajstić information content (AvgIpc) is 1.86. The summed E-state index contributed by atoms with van der Waals surface area (Å²) < 4.78 is 0. The molecule has 0 radical (unpaired) electrons. The third-order valence-electron chi connectivity index (χ3n) is 2.63. The number of nitrogens with zero attached hydrogens (tertiary/aromatic N) is 1. The van der Waals surface area contributed by atoms with Crippen molar-refractivity contribution < 1.29 is 5.11 Å². The molecule has 0 amide bonds. The van der Waals surface area contributed by atoms with Crippen LogP contribution in [0.15, 0.2) is 0 Å². The maximum Gasteiger partial charge on any atom is 0.0474 e. The van der Waals surface area contributed by atoms with Crippen LogP contribution in [0, 0.1) is 5.92 Å². The van der Waals surface area contributed by atoms with Crippen LogP contribution in [0.25, 0.3) is 0 Å². The Kier molecular flexibility index (Phi) is 3.33. The molecule has 0 heterocycles. The van der Waals surface area contributed by atoms with Gasteiger partial charge in [0, 0.05) is 12.1 Å². The minimum atomic E-state index is 0.0920. The first-order valence-corrected chi connectivity index (χ1v) is 3.71. The fourth-order valence-corrected chi connectivity index (χ4v) is 0.664. The van der Waals surface area contributed by atoms with Gasteiger partial charge in [0.05, 0.1) is 0 Å². The van der Waals surface area contributed by atoms with Gasteiger partial charge in [-0.05, 0) is 33.9 Å². The van der Waals surface area contributed by atoms with E-state index in [2.05, 4.69) is 25.7 Å². The predicted molar refractivity (Wildman–Crippen MR) is 44.0 cm³/mol. The van der Waals surface area contributed by atoms with E-state index in [0.717, 1.165) is 0 Å². The summed E-state index contributed by atoms with van der Waals surface area (Å²) in [5, 5.41) is 8.89. The van der Waals surface area contributed by atoms with Gasteiger partial charge in [0.25, 0.3) is 0 Å². The third kappa shape index (κ3) is 1.96. The minimum absolute atomic E-state index is 0.0920. The quantitative estimate of drug-likeness (QED) is 0.639. The summed E-state index contributed by atoms with van der Waals surface area (Å²) >= 11 is 0. The number of rotatable bonds is 3. The highest BCUT2D eigenvalue weighted by molar-refractivity contribution is 4.82. The van der Waals surface area contributed by atoms with Crippen LogP contribution in [-0.4, -0.2) is 36.2 Å². The molecular formula is C8H19NO. The van der Waals surface area contributed by atoms with Crippen molar-refractivity contribution in [3.05, 3.63) is 0 Å². The van der Waals surface area contributed by atoms with Gasteiger partial charge in [-0.15, -0.1) is 0 Å². The summed E-state index contributed by atoms with van der Waals surface area (Å²) in [5.41, 5.74) is 0.0920. The molecule has 0 aliphatic rings. The number of aliphatic hydroxyl groups excluding tert-OH is 1. The van der Waals surface area contributed by atoms with E-state index in [-0.39, 0.29) is 12.1 Å². The molecule has 0 bridgehead atoms. The van der Waals surface area contributed by atoms with Gasteiger partial charge in [0.15, 0.2) is 0 Å². The zero-order valence-electron chi connectivity index (χ0n) is 7.68. The van der Waals surface area contributed by atoms with Crippen molar-refractivity contribution in [3.8, 4) is 0 Å². The highest BCUT2D eigenvalue weighted by atomic mass is 16.3. The van der Waals surface area contributed by atoms with Crippen molar-refractivity contribution in [1.82, 2.24) is 4.90 Å². The first-order valence-electron chi connectivity index (χ1n) is 3.71. The Morgan fingerprint density at radius 3 is 1.90 bits per heavy atom. The van der Waals surface area contributed by atoms with Crippen molar-refractivity contribution in [1.29, 1.82) is 0 Å². The van der Waals surface area contributed by atoms with Crippen LogP contribution in [0.3, 0.4) is 0 Å². The van der Waals surface area contributed by atoms with Crippen molar-refractivity contribution in [3.63, 3.8) is 0 Å². The van der Waals surface area contributed by atoms with Crippen LogP contribution in [0.1, 0.15) is 20.8 Å². The van der Waals surface area contributed by atoms with E-state index in [1.165, 1.54) is 0 Å². The van der Waals surface area contributed by atoms with Crippen LogP contribution in [0.4, 0.5) is 0 Å². The van der Waals surface area contributed by atoms with Crippen LogP contribution < -0.4 is 0 Å². The second-order valence-corrected chi connectivity index (χ2v) is 3.63. The summed E-state index contributed by atoms with van der Waals surface area (Å²) in [6.07, 6.45) is 0. The van der Waals surface area contributed by atoms with E-state index in [4.69, 9.17) is 5.11 Å². The smallest absolute Gasteiger partial charge is 0.0474 e. The molecule has 2 nitrogen and oxygen atoms in total. The van der Waals surface area contributed by atoms with Gasteiger partial charge in [0.1, 0.15) is 0 Å². The van der Waals surface area contributed by atoms with Gasteiger partial charge in [-0.1, -0.05) is 6.92 Å². The monoisotopic (exact) mass is 145 g/mol. The molecular weight excluding hydrogens is 126 g/mol. The molecule has 2 heteroatoms. The lowest BCUT2D eigenvalue weighted by atomic mass is 9.89. The van der Waals surface area contributed by atoms with Crippen molar-refractivity contribution in [2.45, 2.75) is 26.3 Å². The third-order valence-corrected chi connectivity index (χ3v) is 2.63. The molecule has 0 saturated carbocycles. The normalized spacial score (nSPS) is 15.9. The summed E-state index contributed by atoms with van der Waals surface area (Å²) in [6.45, 7) is 6.58. The first-order chi connectivity index (χ1) is 4.42. The molecule has 0 aliphatic carbocycles. The van der Waals surface area contributed by atoms with Crippen LogP contribution in [-0.2, 0) is 0 Å². The van der Waals surface area contributed by atoms with E-state index in [9.17, 15) is 0 Å². The van der Waals surface area contributed by atoms with Crippen LogP contribution >= 0.6 is 0 Å². The lowest BCUT2D eigenvalue weighted by Gasteiger charge is -2.37. The zero-order chi connectivity index (χ0) is 8.36. The molecule has 0 aromatic carbocycles. The molecule has 10 heavy (non-hydrogen) atoms. The molecule has 62 valence electrons. The molecule has 0 aromatic heterocycles. The highest BCUT2D eigenvalue weighted by Crippen LogP contribution is 2.20.